The van der Waals surface area contributed by atoms with Gasteiger partial charge in [0.25, 0.3) is 0 Å². The highest BCUT2D eigenvalue weighted by Crippen LogP contribution is 2.56. The van der Waals surface area contributed by atoms with Crippen LogP contribution >= 0.6 is 0 Å². The van der Waals surface area contributed by atoms with Crippen molar-refractivity contribution >= 4 is 0 Å². The number of rotatable bonds is 6. The Kier molecular flexibility index (Phi) is 7.95. The maximum absolute atomic E-state index is 2.37. The summed E-state index contributed by atoms with van der Waals surface area (Å²) in [7, 11) is 0. The molecule has 0 amide bonds. The Balaban J connectivity index is 1.84. The van der Waals surface area contributed by atoms with Gasteiger partial charge in [0.2, 0.25) is 0 Å². The van der Waals surface area contributed by atoms with Crippen molar-refractivity contribution in [1.82, 2.24) is 0 Å². The minimum atomic E-state index is 1.20. The summed E-state index contributed by atoms with van der Waals surface area (Å²) in [5.74, 6) is 0. The van der Waals surface area contributed by atoms with Crippen LogP contribution in [0.1, 0.15) is 22.3 Å². The molecule has 0 aliphatic heterocycles. The topological polar surface area (TPSA) is 0 Å². The van der Waals surface area contributed by atoms with E-state index in [1.165, 1.54) is 89.0 Å². The first kappa shape index (κ1) is 29.3. The quantitative estimate of drug-likeness (QED) is 0.181. The molecule has 0 radical (unpaired) electrons. The number of benzene rings is 7. The molecule has 0 unspecified atom stereocenters. The second-order valence-electron chi connectivity index (χ2n) is 12.5. The fourth-order valence-electron chi connectivity index (χ4n) is 7.14. The van der Waals surface area contributed by atoms with Gasteiger partial charge in [0.05, 0.1) is 0 Å². The zero-order valence-corrected chi connectivity index (χ0v) is 27.0. The van der Waals surface area contributed by atoms with Crippen LogP contribution in [0.4, 0.5) is 0 Å². The average molecular weight is 591 g/mol. The van der Waals surface area contributed by atoms with Gasteiger partial charge >= 0.3 is 0 Å². The molecule has 0 saturated carbocycles. The zero-order valence-electron chi connectivity index (χ0n) is 27.0. The molecule has 0 atom stereocenters. The van der Waals surface area contributed by atoms with Gasteiger partial charge in [-0.25, -0.2) is 0 Å². The van der Waals surface area contributed by atoms with Crippen molar-refractivity contribution in [1.29, 1.82) is 0 Å². The molecule has 0 nitrogen and oxygen atoms in total. The Morgan fingerprint density at radius 1 is 0.217 bits per heavy atom. The van der Waals surface area contributed by atoms with Crippen LogP contribution < -0.4 is 0 Å². The summed E-state index contributed by atoms with van der Waals surface area (Å²) in [6, 6.07) is 58.0. The van der Waals surface area contributed by atoms with Crippen molar-refractivity contribution in [3.8, 4) is 66.8 Å². The monoisotopic (exact) mass is 590 g/mol. The first-order chi connectivity index (χ1) is 22.5. The van der Waals surface area contributed by atoms with Crippen LogP contribution in [0.3, 0.4) is 0 Å². The number of aryl methyl sites for hydroxylation is 4. The lowest BCUT2D eigenvalue weighted by Crippen LogP contribution is -2.02. The van der Waals surface area contributed by atoms with E-state index in [4.69, 9.17) is 0 Å². The molecule has 7 rings (SSSR count). The Morgan fingerprint density at radius 3 is 0.630 bits per heavy atom. The van der Waals surface area contributed by atoms with Gasteiger partial charge < -0.3 is 0 Å². The van der Waals surface area contributed by atoms with Crippen LogP contribution in [0.15, 0.2) is 158 Å². The van der Waals surface area contributed by atoms with Crippen LogP contribution in [0.5, 0.6) is 0 Å². The molecule has 0 aliphatic rings. The summed E-state index contributed by atoms with van der Waals surface area (Å²) < 4.78 is 0. The highest BCUT2D eigenvalue weighted by atomic mass is 14.3. The highest BCUT2D eigenvalue weighted by Gasteiger charge is 2.29. The minimum absolute atomic E-state index is 1.20. The summed E-state index contributed by atoms with van der Waals surface area (Å²) in [6.45, 7) is 8.85. The molecule has 7 aromatic rings. The number of hydrogen-bond acceptors (Lipinski definition) is 0. The average Bonchev–Trinajstić information content (AvgIpc) is 3.07. The van der Waals surface area contributed by atoms with Crippen molar-refractivity contribution in [3.63, 3.8) is 0 Å². The van der Waals surface area contributed by atoms with E-state index >= 15 is 0 Å². The van der Waals surface area contributed by atoms with Gasteiger partial charge in [0.15, 0.2) is 0 Å². The molecule has 7 aromatic carbocycles. The predicted octanol–water partition coefficient (Wildman–Crippen LogP) is 12.9. The van der Waals surface area contributed by atoms with Gasteiger partial charge in [0.1, 0.15) is 0 Å². The van der Waals surface area contributed by atoms with Crippen LogP contribution in [0.25, 0.3) is 66.8 Å². The Morgan fingerprint density at radius 2 is 0.413 bits per heavy atom. The van der Waals surface area contributed by atoms with E-state index < -0.39 is 0 Å². The summed E-state index contributed by atoms with van der Waals surface area (Å²) >= 11 is 0. The van der Waals surface area contributed by atoms with Crippen molar-refractivity contribution in [3.05, 3.63) is 180 Å². The maximum Gasteiger partial charge on any atom is -0.00137 e. The first-order valence-corrected chi connectivity index (χ1v) is 16.1. The van der Waals surface area contributed by atoms with Crippen molar-refractivity contribution < 1.29 is 0 Å². The molecular formula is C46H38. The highest BCUT2D eigenvalue weighted by molar-refractivity contribution is 6.15. The van der Waals surface area contributed by atoms with Crippen LogP contribution in [-0.4, -0.2) is 0 Å². The molecule has 0 aromatic heterocycles. The molecule has 0 saturated heterocycles. The minimum Gasteiger partial charge on any atom is -0.0622 e. The Hall–Kier alpha value is -5.46. The summed E-state index contributed by atoms with van der Waals surface area (Å²) in [4.78, 5) is 0. The van der Waals surface area contributed by atoms with E-state index in [9.17, 15) is 0 Å². The lowest BCUT2D eigenvalue weighted by atomic mass is 9.73. The molecule has 0 heteroatoms. The molecule has 0 spiro atoms. The van der Waals surface area contributed by atoms with Gasteiger partial charge in [-0.15, -0.1) is 0 Å². The zero-order chi connectivity index (χ0) is 31.6. The lowest BCUT2D eigenvalue weighted by molar-refractivity contribution is 1.37. The normalized spacial score (nSPS) is 11.0. The van der Waals surface area contributed by atoms with Crippen LogP contribution in [0.2, 0.25) is 0 Å². The standard InChI is InChI=1S/C46H38/c1-31-25-32(2)28-39(27-31)45-43(37-21-13-7-14-22-37)41(35-17-9-5-10-18-35)42(36-19-11-6-12-20-36)44(38-23-15-8-16-24-38)46(45)40-29-33(3)26-34(4)30-40/h5-30H,1-4H3. The van der Waals surface area contributed by atoms with Gasteiger partial charge in [-0.1, -0.05) is 180 Å². The molecule has 0 fully saturated rings. The van der Waals surface area contributed by atoms with Gasteiger partial charge in [0, 0.05) is 0 Å². The third-order valence-electron chi connectivity index (χ3n) is 8.77. The maximum atomic E-state index is 2.37. The third kappa shape index (κ3) is 5.59. The summed E-state index contributed by atoms with van der Waals surface area (Å²) in [5, 5.41) is 0. The van der Waals surface area contributed by atoms with Gasteiger partial charge in [-0.05, 0) is 94.5 Å². The van der Waals surface area contributed by atoms with Crippen LogP contribution in [0, 0.1) is 27.7 Å². The second-order valence-corrected chi connectivity index (χ2v) is 12.5. The smallest absolute Gasteiger partial charge is 0.00137 e. The second kappa shape index (κ2) is 12.5. The molecule has 0 aliphatic carbocycles. The summed E-state index contributed by atoms with van der Waals surface area (Å²) in [5.41, 5.74) is 19.9. The fourth-order valence-corrected chi connectivity index (χ4v) is 7.14. The lowest BCUT2D eigenvalue weighted by Gasteiger charge is -2.29. The molecule has 222 valence electrons. The van der Waals surface area contributed by atoms with Crippen molar-refractivity contribution in [2.24, 2.45) is 0 Å². The van der Waals surface area contributed by atoms with E-state index in [0.717, 1.165) is 0 Å². The van der Waals surface area contributed by atoms with E-state index in [-0.39, 0.29) is 0 Å². The van der Waals surface area contributed by atoms with E-state index in [0.29, 0.717) is 0 Å². The summed E-state index contributed by atoms with van der Waals surface area (Å²) in [6.07, 6.45) is 0. The van der Waals surface area contributed by atoms with E-state index in [1.807, 2.05) is 0 Å². The number of hydrogen-bond donors (Lipinski definition) is 0. The molecular weight excluding hydrogens is 553 g/mol. The van der Waals surface area contributed by atoms with Gasteiger partial charge in [-0.3, -0.25) is 0 Å². The van der Waals surface area contributed by atoms with E-state index in [1.54, 1.807) is 0 Å². The van der Waals surface area contributed by atoms with Crippen molar-refractivity contribution in [2.45, 2.75) is 27.7 Å². The van der Waals surface area contributed by atoms with Gasteiger partial charge in [-0.2, -0.15) is 0 Å². The molecule has 46 heavy (non-hydrogen) atoms. The fraction of sp³-hybridized carbons (Fsp3) is 0.0870. The van der Waals surface area contributed by atoms with Crippen molar-refractivity contribution in [2.75, 3.05) is 0 Å². The Labute approximate surface area is 273 Å². The van der Waals surface area contributed by atoms with Crippen LogP contribution in [-0.2, 0) is 0 Å². The first-order valence-electron chi connectivity index (χ1n) is 16.1. The Bertz CT molecular complexity index is 1940. The molecule has 0 N–H and O–H groups in total. The largest absolute Gasteiger partial charge is 0.0622 e. The van der Waals surface area contributed by atoms with E-state index in [2.05, 4.69) is 185 Å². The molecule has 0 bridgehead atoms. The third-order valence-corrected chi connectivity index (χ3v) is 8.77. The molecule has 0 heterocycles. The predicted molar refractivity (Wildman–Crippen MR) is 198 cm³/mol. The SMILES string of the molecule is Cc1cc(C)cc(-c2c(-c3ccccc3)c(-c3ccccc3)c(-c3ccccc3)c(-c3ccccc3)c2-c2cc(C)cc(C)c2)c1.